The number of aromatic nitrogens is 2. The lowest BCUT2D eigenvalue weighted by molar-refractivity contribution is -0.121. The van der Waals surface area contributed by atoms with Crippen molar-refractivity contribution in [2.24, 2.45) is 0 Å². The van der Waals surface area contributed by atoms with Gasteiger partial charge in [-0.15, -0.1) is 0 Å². The summed E-state index contributed by atoms with van der Waals surface area (Å²) in [6.07, 6.45) is 1.71. The lowest BCUT2D eigenvalue weighted by Gasteiger charge is -2.21. The average molecular weight is 534 g/mol. The Hall–Kier alpha value is -4.73. The molecule has 1 amide bonds. The summed E-state index contributed by atoms with van der Waals surface area (Å²) in [6.45, 7) is 4.03. The van der Waals surface area contributed by atoms with Gasteiger partial charge in [0.15, 0.2) is 23.0 Å². The highest BCUT2D eigenvalue weighted by Gasteiger charge is 2.27. The van der Waals surface area contributed by atoms with E-state index in [4.69, 9.17) is 9.47 Å². The molecule has 0 spiro atoms. The number of fused-ring (bicyclic) bond motifs is 1. The van der Waals surface area contributed by atoms with E-state index < -0.39 is 17.4 Å². The predicted octanol–water partition coefficient (Wildman–Crippen LogP) is 3.49. The van der Waals surface area contributed by atoms with Crippen LogP contribution >= 0.6 is 0 Å². The van der Waals surface area contributed by atoms with Crippen LogP contribution in [0.15, 0.2) is 65.6 Å². The summed E-state index contributed by atoms with van der Waals surface area (Å²) in [4.78, 5) is 30.8. The summed E-state index contributed by atoms with van der Waals surface area (Å²) in [7, 11) is 1.50. The monoisotopic (exact) mass is 533 g/mol. The Morgan fingerprint density at radius 3 is 2.54 bits per heavy atom. The van der Waals surface area contributed by atoms with E-state index in [1.165, 1.54) is 23.6 Å². The second kappa shape index (κ2) is 11.8. The van der Waals surface area contributed by atoms with Gasteiger partial charge in [0.2, 0.25) is 11.8 Å². The van der Waals surface area contributed by atoms with Crippen LogP contribution in [0.25, 0.3) is 5.65 Å². The number of pyridine rings is 1. The second-order valence-electron chi connectivity index (χ2n) is 9.34. The van der Waals surface area contributed by atoms with Crippen LogP contribution in [0.3, 0.4) is 0 Å². The van der Waals surface area contributed by atoms with Crippen molar-refractivity contribution < 1.29 is 29.6 Å². The van der Waals surface area contributed by atoms with Crippen molar-refractivity contribution in [3.05, 3.63) is 87.8 Å². The quantitative estimate of drug-likeness (QED) is 0.227. The maximum atomic E-state index is 13.5. The van der Waals surface area contributed by atoms with Crippen molar-refractivity contribution in [1.29, 1.82) is 0 Å². The third-order valence-corrected chi connectivity index (χ3v) is 6.22. The summed E-state index contributed by atoms with van der Waals surface area (Å²) in [5.74, 6) is -1.19. The van der Waals surface area contributed by atoms with Gasteiger partial charge in [-0.1, -0.05) is 18.2 Å². The van der Waals surface area contributed by atoms with Gasteiger partial charge in [0.1, 0.15) is 5.65 Å². The van der Waals surface area contributed by atoms with E-state index >= 15 is 0 Å². The molecule has 4 rings (SSSR count). The van der Waals surface area contributed by atoms with Crippen molar-refractivity contribution in [2.75, 3.05) is 13.7 Å². The summed E-state index contributed by atoms with van der Waals surface area (Å²) in [6, 6.07) is 14.6. The van der Waals surface area contributed by atoms with Crippen LogP contribution in [-0.2, 0) is 11.2 Å². The Labute approximate surface area is 225 Å². The van der Waals surface area contributed by atoms with Crippen molar-refractivity contribution in [2.45, 2.75) is 38.7 Å². The molecule has 4 aromatic rings. The van der Waals surface area contributed by atoms with Gasteiger partial charge in [-0.3, -0.25) is 14.0 Å². The minimum atomic E-state index is -0.846. The highest BCUT2D eigenvalue weighted by molar-refractivity contribution is 5.78. The van der Waals surface area contributed by atoms with Gasteiger partial charge in [-0.2, -0.15) is 4.98 Å². The molecule has 2 aromatic heterocycles. The summed E-state index contributed by atoms with van der Waals surface area (Å²) < 4.78 is 12.6. The standard InChI is InChI=1S/C29H31N3O7/c1-17(2)39-23-10-8-19(15-24(23)38-3)20(27-28(36)31-25-6-4-5-13-32(25)29(27)37)16-26(35)30-12-11-18-7-9-21(33)22(34)14-18/h4-10,13-15,17,20,33-34,36H,11-12,16H2,1-3H3,(H,30,35)/t20-/m1/s1. The molecule has 39 heavy (non-hydrogen) atoms. The molecule has 0 bridgehead atoms. The van der Waals surface area contributed by atoms with Crippen LogP contribution < -0.4 is 20.3 Å². The number of carbonyl (C=O) groups is 1. The smallest absolute Gasteiger partial charge is 0.265 e. The molecule has 2 heterocycles. The first-order valence-electron chi connectivity index (χ1n) is 12.5. The Kier molecular flexibility index (Phi) is 8.24. The van der Waals surface area contributed by atoms with Crippen LogP contribution in [0.5, 0.6) is 28.9 Å². The lowest BCUT2D eigenvalue weighted by atomic mass is 9.88. The van der Waals surface area contributed by atoms with E-state index in [0.717, 1.165) is 5.56 Å². The normalized spacial score (nSPS) is 11.9. The molecule has 0 aliphatic carbocycles. The number of methoxy groups -OCH3 is 1. The molecule has 10 heteroatoms. The number of hydrogen-bond donors (Lipinski definition) is 4. The Balaban J connectivity index is 1.66. The van der Waals surface area contributed by atoms with Crippen LogP contribution in [0.4, 0.5) is 0 Å². The third-order valence-electron chi connectivity index (χ3n) is 6.22. The number of phenols is 2. The molecule has 0 aliphatic rings. The number of carbonyl (C=O) groups excluding carboxylic acids is 1. The van der Waals surface area contributed by atoms with Gasteiger partial charge < -0.3 is 30.1 Å². The minimum Gasteiger partial charge on any atom is -0.504 e. The van der Waals surface area contributed by atoms with E-state index in [2.05, 4.69) is 10.3 Å². The first kappa shape index (κ1) is 27.3. The van der Waals surface area contributed by atoms with E-state index in [0.29, 0.717) is 23.5 Å². The number of hydrogen-bond acceptors (Lipinski definition) is 8. The molecule has 0 saturated carbocycles. The Morgan fingerprint density at radius 1 is 1.03 bits per heavy atom. The van der Waals surface area contributed by atoms with Gasteiger partial charge in [0, 0.05) is 25.1 Å². The third kappa shape index (κ3) is 6.23. The minimum absolute atomic E-state index is 0.0168. The molecule has 1 atom stereocenters. The van der Waals surface area contributed by atoms with Crippen LogP contribution in [-0.4, -0.2) is 50.4 Å². The van der Waals surface area contributed by atoms with Gasteiger partial charge in [-0.25, -0.2) is 0 Å². The molecular weight excluding hydrogens is 502 g/mol. The molecule has 10 nitrogen and oxygen atoms in total. The van der Waals surface area contributed by atoms with Gasteiger partial charge in [-0.05, 0) is 67.8 Å². The first-order valence-corrected chi connectivity index (χ1v) is 12.5. The summed E-state index contributed by atoms with van der Waals surface area (Å²) in [5.41, 5.74) is 1.06. The summed E-state index contributed by atoms with van der Waals surface area (Å²) in [5, 5.41) is 32.9. The average Bonchev–Trinajstić information content (AvgIpc) is 2.90. The fraction of sp³-hybridized carbons (Fsp3) is 0.276. The number of benzene rings is 2. The number of aromatic hydroxyl groups is 3. The van der Waals surface area contributed by atoms with Crippen molar-refractivity contribution in [3.63, 3.8) is 0 Å². The zero-order chi connectivity index (χ0) is 28.1. The van der Waals surface area contributed by atoms with Crippen LogP contribution in [0.1, 0.15) is 42.9 Å². The Bertz CT molecular complexity index is 1550. The Morgan fingerprint density at radius 2 is 1.82 bits per heavy atom. The fourth-order valence-electron chi connectivity index (χ4n) is 4.36. The number of phenolic OH excluding ortho intramolecular Hbond substituents is 2. The predicted molar refractivity (Wildman–Crippen MR) is 145 cm³/mol. The fourth-order valence-corrected chi connectivity index (χ4v) is 4.36. The number of amides is 1. The van der Waals surface area contributed by atoms with Gasteiger partial charge in [0.05, 0.1) is 18.8 Å². The van der Waals surface area contributed by atoms with Gasteiger partial charge >= 0.3 is 0 Å². The second-order valence-corrected chi connectivity index (χ2v) is 9.34. The zero-order valence-corrected chi connectivity index (χ0v) is 21.9. The van der Waals surface area contributed by atoms with E-state index in [1.54, 1.807) is 48.7 Å². The number of nitrogens with one attached hydrogen (secondary N) is 1. The molecule has 0 fully saturated rings. The topological polar surface area (TPSA) is 143 Å². The molecule has 0 aliphatic heterocycles. The molecule has 204 valence electrons. The first-order chi connectivity index (χ1) is 18.7. The number of rotatable bonds is 10. The summed E-state index contributed by atoms with van der Waals surface area (Å²) >= 11 is 0. The van der Waals surface area contributed by atoms with Crippen LogP contribution in [0.2, 0.25) is 0 Å². The zero-order valence-electron chi connectivity index (χ0n) is 21.9. The molecule has 0 unspecified atom stereocenters. The lowest BCUT2D eigenvalue weighted by Crippen LogP contribution is -2.30. The molecule has 0 saturated heterocycles. The maximum absolute atomic E-state index is 13.5. The van der Waals surface area contributed by atoms with E-state index in [-0.39, 0.29) is 47.7 Å². The van der Waals surface area contributed by atoms with E-state index in [9.17, 15) is 24.9 Å². The molecule has 4 N–H and O–H groups in total. The largest absolute Gasteiger partial charge is 0.504 e. The molecule has 0 radical (unpaired) electrons. The molecule has 2 aromatic carbocycles. The van der Waals surface area contributed by atoms with Gasteiger partial charge in [0.25, 0.3) is 5.56 Å². The van der Waals surface area contributed by atoms with Crippen molar-refractivity contribution >= 4 is 11.6 Å². The highest BCUT2D eigenvalue weighted by atomic mass is 16.5. The van der Waals surface area contributed by atoms with Crippen LogP contribution in [0, 0.1) is 0 Å². The van der Waals surface area contributed by atoms with E-state index in [1.807, 2.05) is 13.8 Å². The number of nitrogens with zero attached hydrogens (tertiary/aromatic N) is 2. The highest BCUT2D eigenvalue weighted by Crippen LogP contribution is 2.37. The van der Waals surface area contributed by atoms with Crippen molar-refractivity contribution in [1.82, 2.24) is 14.7 Å². The number of ether oxygens (including phenoxy) is 2. The SMILES string of the molecule is COc1cc([C@@H](CC(=O)NCCc2ccc(O)c(O)c2)c2c(O)nc3ccccn3c2=O)ccc1OC(C)C. The maximum Gasteiger partial charge on any atom is 0.265 e. The van der Waals surface area contributed by atoms with Crippen molar-refractivity contribution in [3.8, 4) is 28.9 Å². The molecular formula is C29H31N3O7.